The Bertz CT molecular complexity index is 439. The smallest absolute Gasteiger partial charge is 0.0636 e. The van der Waals surface area contributed by atoms with Crippen molar-refractivity contribution in [2.24, 2.45) is 0 Å². The highest BCUT2D eigenvalue weighted by Crippen LogP contribution is 2.34. The van der Waals surface area contributed by atoms with E-state index in [4.69, 9.17) is 23.2 Å². The van der Waals surface area contributed by atoms with Crippen LogP contribution in [-0.2, 0) is 0 Å². The summed E-state index contributed by atoms with van der Waals surface area (Å²) >= 11 is 16.3. The standard InChI is InChI=1S/C15H17BrCl2/c1-3-8-13(17)11(4-2)15(16)12-9-6-5-7-10-14(12)18/h4-8,10,15H,3,9H2,1-2H3/b11-4+,13-8+. The first-order valence-electron chi connectivity index (χ1n) is 5.99. The maximum Gasteiger partial charge on any atom is 0.0636 e. The maximum absolute atomic E-state index is 6.31. The van der Waals surface area contributed by atoms with E-state index >= 15 is 0 Å². The van der Waals surface area contributed by atoms with Crippen LogP contribution in [0.3, 0.4) is 0 Å². The van der Waals surface area contributed by atoms with Gasteiger partial charge < -0.3 is 0 Å². The molecule has 18 heavy (non-hydrogen) atoms. The van der Waals surface area contributed by atoms with E-state index < -0.39 is 0 Å². The van der Waals surface area contributed by atoms with Crippen molar-refractivity contribution in [1.29, 1.82) is 0 Å². The molecule has 0 spiro atoms. The van der Waals surface area contributed by atoms with E-state index in [1.807, 2.05) is 37.3 Å². The highest BCUT2D eigenvalue weighted by atomic mass is 79.9. The molecule has 1 atom stereocenters. The van der Waals surface area contributed by atoms with E-state index in [2.05, 4.69) is 28.9 Å². The molecule has 0 N–H and O–H groups in total. The average Bonchev–Trinajstić information content (AvgIpc) is 2.55. The normalized spacial score (nSPS) is 19.2. The van der Waals surface area contributed by atoms with Crippen molar-refractivity contribution in [2.75, 3.05) is 0 Å². The van der Waals surface area contributed by atoms with Crippen LogP contribution in [0.4, 0.5) is 0 Å². The Balaban J connectivity index is 3.05. The summed E-state index contributed by atoms with van der Waals surface area (Å²) in [6.45, 7) is 4.06. The molecular formula is C15H17BrCl2. The Morgan fingerprint density at radius 1 is 1.50 bits per heavy atom. The lowest BCUT2D eigenvalue weighted by Gasteiger charge is -2.17. The fourth-order valence-electron chi connectivity index (χ4n) is 1.73. The lowest BCUT2D eigenvalue weighted by molar-refractivity contribution is 1.08. The van der Waals surface area contributed by atoms with Crippen molar-refractivity contribution in [3.63, 3.8) is 0 Å². The Labute approximate surface area is 128 Å². The molecule has 98 valence electrons. The highest BCUT2D eigenvalue weighted by Gasteiger charge is 2.19. The minimum absolute atomic E-state index is 0.0534. The molecule has 3 heteroatoms. The zero-order valence-electron chi connectivity index (χ0n) is 10.6. The number of halogens is 3. The van der Waals surface area contributed by atoms with Gasteiger partial charge in [-0.05, 0) is 37.0 Å². The van der Waals surface area contributed by atoms with Crippen LogP contribution in [0.15, 0.2) is 57.7 Å². The quantitative estimate of drug-likeness (QED) is 0.417. The fourth-order valence-corrected chi connectivity index (χ4v) is 3.57. The summed E-state index contributed by atoms with van der Waals surface area (Å²) in [5, 5.41) is 1.57. The van der Waals surface area contributed by atoms with Crippen molar-refractivity contribution in [3.8, 4) is 0 Å². The van der Waals surface area contributed by atoms with Gasteiger partial charge in [-0.3, -0.25) is 0 Å². The van der Waals surface area contributed by atoms with Crippen LogP contribution in [0.5, 0.6) is 0 Å². The molecule has 0 nitrogen and oxygen atoms in total. The monoisotopic (exact) mass is 346 g/mol. The Hall–Kier alpha value is -0.240. The van der Waals surface area contributed by atoms with Gasteiger partial charge in [-0.25, -0.2) is 0 Å². The molecular weight excluding hydrogens is 331 g/mol. The van der Waals surface area contributed by atoms with Crippen LogP contribution >= 0.6 is 39.1 Å². The maximum atomic E-state index is 6.31. The molecule has 0 aromatic rings. The molecule has 0 aromatic carbocycles. The van der Waals surface area contributed by atoms with Crippen LogP contribution in [0.25, 0.3) is 0 Å². The molecule has 1 rings (SSSR count). The zero-order chi connectivity index (χ0) is 13.5. The molecule has 0 saturated heterocycles. The lowest BCUT2D eigenvalue weighted by Crippen LogP contribution is -2.08. The predicted molar refractivity (Wildman–Crippen MR) is 86.5 cm³/mol. The van der Waals surface area contributed by atoms with Gasteiger partial charge in [0.1, 0.15) is 0 Å². The zero-order valence-corrected chi connectivity index (χ0v) is 13.7. The first-order valence-corrected chi connectivity index (χ1v) is 7.67. The van der Waals surface area contributed by atoms with E-state index in [0.29, 0.717) is 0 Å². The van der Waals surface area contributed by atoms with Crippen LogP contribution in [0.2, 0.25) is 0 Å². The molecule has 0 fully saturated rings. The van der Waals surface area contributed by atoms with Crippen LogP contribution in [-0.4, -0.2) is 4.83 Å². The van der Waals surface area contributed by atoms with Crippen molar-refractivity contribution in [1.82, 2.24) is 0 Å². The van der Waals surface area contributed by atoms with Gasteiger partial charge in [0, 0.05) is 10.1 Å². The molecule has 0 saturated carbocycles. The third kappa shape index (κ3) is 4.15. The summed E-state index contributed by atoms with van der Waals surface area (Å²) in [5.74, 6) is 0. The van der Waals surface area contributed by atoms with Gasteiger partial charge in [0.2, 0.25) is 0 Å². The van der Waals surface area contributed by atoms with Gasteiger partial charge >= 0.3 is 0 Å². The minimum atomic E-state index is 0.0534. The van der Waals surface area contributed by atoms with Gasteiger partial charge in [-0.1, -0.05) is 76.4 Å². The second-order valence-electron chi connectivity index (χ2n) is 3.93. The van der Waals surface area contributed by atoms with Gasteiger partial charge in [0.15, 0.2) is 0 Å². The molecule has 0 radical (unpaired) electrons. The number of alkyl halides is 1. The number of rotatable bonds is 4. The van der Waals surface area contributed by atoms with Crippen LogP contribution in [0, 0.1) is 0 Å². The number of hydrogen-bond donors (Lipinski definition) is 0. The fraction of sp³-hybridized carbons (Fsp3) is 0.333. The molecule has 1 aliphatic carbocycles. The van der Waals surface area contributed by atoms with E-state index in [-0.39, 0.29) is 4.83 Å². The Morgan fingerprint density at radius 2 is 2.22 bits per heavy atom. The van der Waals surface area contributed by atoms with E-state index in [1.54, 1.807) is 0 Å². The van der Waals surface area contributed by atoms with E-state index in [9.17, 15) is 0 Å². The summed E-state index contributed by atoms with van der Waals surface area (Å²) in [5.41, 5.74) is 2.20. The number of hydrogen-bond acceptors (Lipinski definition) is 0. The lowest BCUT2D eigenvalue weighted by atomic mass is 10.0. The van der Waals surface area contributed by atoms with Crippen molar-refractivity contribution >= 4 is 39.1 Å². The summed E-state index contributed by atoms with van der Waals surface area (Å²) in [6.07, 6.45) is 13.8. The molecule has 0 bridgehead atoms. The van der Waals surface area contributed by atoms with Gasteiger partial charge in [-0.15, -0.1) is 0 Å². The first-order chi connectivity index (χ1) is 8.61. The van der Waals surface area contributed by atoms with Gasteiger partial charge in [0.25, 0.3) is 0 Å². The third-order valence-corrected chi connectivity index (χ3v) is 4.47. The van der Waals surface area contributed by atoms with Gasteiger partial charge in [0.05, 0.1) is 4.83 Å². The second-order valence-corrected chi connectivity index (χ2v) is 5.66. The van der Waals surface area contributed by atoms with Crippen molar-refractivity contribution in [3.05, 3.63) is 57.7 Å². The minimum Gasteiger partial charge on any atom is -0.0843 e. The van der Waals surface area contributed by atoms with E-state index in [0.717, 1.165) is 34.1 Å². The molecule has 1 unspecified atom stereocenters. The SMILES string of the molecule is C/C=C(\C(Cl)=C/CC)C(Br)C1=C(Cl)C=CC=CC1. The second kappa shape index (κ2) is 8.04. The summed E-state index contributed by atoms with van der Waals surface area (Å²) in [4.78, 5) is 0.0534. The first kappa shape index (κ1) is 15.8. The topological polar surface area (TPSA) is 0 Å². The average molecular weight is 348 g/mol. The summed E-state index contributed by atoms with van der Waals surface area (Å²) < 4.78 is 0. The molecule has 0 aliphatic heterocycles. The van der Waals surface area contributed by atoms with Crippen molar-refractivity contribution in [2.45, 2.75) is 31.5 Å². The highest BCUT2D eigenvalue weighted by molar-refractivity contribution is 9.09. The molecule has 0 amide bonds. The van der Waals surface area contributed by atoms with Crippen LogP contribution in [0.1, 0.15) is 26.7 Å². The summed E-state index contributed by atoms with van der Waals surface area (Å²) in [6, 6.07) is 0. The van der Waals surface area contributed by atoms with Crippen molar-refractivity contribution < 1.29 is 0 Å². The van der Waals surface area contributed by atoms with Gasteiger partial charge in [-0.2, -0.15) is 0 Å². The molecule has 0 heterocycles. The summed E-state index contributed by atoms with van der Waals surface area (Å²) in [7, 11) is 0. The Morgan fingerprint density at radius 3 is 2.83 bits per heavy atom. The Kier molecular flexibility index (Phi) is 7.06. The van der Waals surface area contributed by atoms with Crippen LogP contribution < -0.4 is 0 Å². The van der Waals surface area contributed by atoms with E-state index in [1.165, 1.54) is 0 Å². The molecule has 0 aromatic heterocycles. The third-order valence-electron chi connectivity index (χ3n) is 2.68. The molecule has 1 aliphatic rings. The number of allylic oxidation sites excluding steroid dienone is 10. The predicted octanol–water partition coefficient (Wildman–Crippen LogP) is 6.24. The largest absolute Gasteiger partial charge is 0.0843 e.